The molecule has 5 rings (SSSR count). The van der Waals surface area contributed by atoms with E-state index >= 15 is 0 Å². The summed E-state index contributed by atoms with van der Waals surface area (Å²) in [6.07, 6.45) is 9.07. The summed E-state index contributed by atoms with van der Waals surface area (Å²) in [4.78, 5) is 4.74. The molecule has 1 aromatic carbocycles. The second-order valence-electron chi connectivity index (χ2n) is 8.82. The number of benzene rings is 1. The molecule has 1 N–H and O–H groups in total. The number of hydrogen-bond donors (Lipinski definition) is 1. The molecule has 2 saturated carbocycles. The minimum atomic E-state index is -3.50. The third-order valence-electron chi connectivity index (χ3n) is 6.99. The molecule has 1 saturated heterocycles. The third-order valence-corrected chi connectivity index (χ3v) is 8.92. The molecule has 2 aromatic rings. The largest absolute Gasteiger partial charge is 0.310 e. The summed E-state index contributed by atoms with van der Waals surface area (Å²) in [5.41, 5.74) is 2.63. The van der Waals surface area contributed by atoms with E-state index in [1.165, 1.54) is 31.2 Å². The van der Waals surface area contributed by atoms with E-state index in [4.69, 9.17) is 0 Å². The van der Waals surface area contributed by atoms with Gasteiger partial charge in [-0.15, -0.1) is 0 Å². The second-order valence-corrected chi connectivity index (χ2v) is 10.7. The number of aromatic nitrogens is 1. The van der Waals surface area contributed by atoms with Crippen molar-refractivity contribution in [2.75, 3.05) is 13.1 Å². The van der Waals surface area contributed by atoms with Gasteiger partial charge in [-0.05, 0) is 61.6 Å². The lowest BCUT2D eigenvalue weighted by Gasteiger charge is -2.23. The van der Waals surface area contributed by atoms with E-state index in [9.17, 15) is 8.42 Å². The Balaban J connectivity index is 1.32. The van der Waals surface area contributed by atoms with Crippen LogP contribution in [-0.2, 0) is 16.6 Å². The normalized spacial score (nSPS) is 27.0. The molecule has 2 aliphatic carbocycles. The molecule has 0 radical (unpaired) electrons. The van der Waals surface area contributed by atoms with E-state index in [-0.39, 0.29) is 0 Å². The van der Waals surface area contributed by atoms with Gasteiger partial charge in [-0.3, -0.25) is 4.98 Å². The number of rotatable bonds is 6. The van der Waals surface area contributed by atoms with Crippen LogP contribution in [0.5, 0.6) is 0 Å². The molecule has 3 unspecified atom stereocenters. The maximum atomic E-state index is 13.1. The SMILES string of the molecule is O=S(=O)(c1cccnc1-c1ccc(CNC2CC3CCC2C3)cc1)N1CCCC1. The van der Waals surface area contributed by atoms with Gasteiger partial charge in [0.15, 0.2) is 0 Å². The highest BCUT2D eigenvalue weighted by Crippen LogP contribution is 2.44. The van der Waals surface area contributed by atoms with E-state index in [0.29, 0.717) is 29.7 Å². The van der Waals surface area contributed by atoms with Gasteiger partial charge in [0.1, 0.15) is 4.90 Å². The van der Waals surface area contributed by atoms with E-state index in [1.807, 2.05) is 12.1 Å². The van der Waals surface area contributed by atoms with E-state index in [0.717, 1.165) is 36.8 Å². The Bertz CT molecular complexity index is 968. The molecule has 6 heteroatoms. The van der Waals surface area contributed by atoms with Crippen LogP contribution in [0.2, 0.25) is 0 Å². The van der Waals surface area contributed by atoms with Crippen LogP contribution >= 0.6 is 0 Å². The molecule has 3 fully saturated rings. The molecule has 3 aliphatic rings. The molecule has 2 heterocycles. The van der Waals surface area contributed by atoms with Gasteiger partial charge in [-0.2, -0.15) is 4.31 Å². The quantitative estimate of drug-likeness (QED) is 0.785. The Morgan fingerprint density at radius 1 is 1.03 bits per heavy atom. The first-order valence-electron chi connectivity index (χ1n) is 10.9. The molecular weight excluding hydrogens is 382 g/mol. The van der Waals surface area contributed by atoms with Crippen LogP contribution in [0.25, 0.3) is 11.3 Å². The maximum Gasteiger partial charge on any atom is 0.245 e. The van der Waals surface area contributed by atoms with E-state index in [2.05, 4.69) is 22.4 Å². The van der Waals surface area contributed by atoms with Gasteiger partial charge >= 0.3 is 0 Å². The van der Waals surface area contributed by atoms with Crippen LogP contribution in [0.3, 0.4) is 0 Å². The zero-order chi connectivity index (χ0) is 19.8. The molecule has 5 nitrogen and oxygen atoms in total. The van der Waals surface area contributed by atoms with Gasteiger partial charge in [-0.1, -0.05) is 30.7 Å². The predicted molar refractivity (Wildman–Crippen MR) is 114 cm³/mol. The van der Waals surface area contributed by atoms with Crippen LogP contribution in [0.4, 0.5) is 0 Å². The summed E-state index contributed by atoms with van der Waals surface area (Å²) in [7, 11) is -3.50. The van der Waals surface area contributed by atoms with Gasteiger partial charge in [0.2, 0.25) is 10.0 Å². The van der Waals surface area contributed by atoms with Crippen LogP contribution in [0.15, 0.2) is 47.5 Å². The number of hydrogen-bond acceptors (Lipinski definition) is 4. The highest BCUT2D eigenvalue weighted by atomic mass is 32.2. The van der Waals surface area contributed by atoms with Gasteiger partial charge < -0.3 is 5.32 Å². The Morgan fingerprint density at radius 2 is 1.83 bits per heavy atom. The van der Waals surface area contributed by atoms with Crippen molar-refractivity contribution < 1.29 is 8.42 Å². The van der Waals surface area contributed by atoms with Gasteiger partial charge in [0, 0.05) is 37.4 Å². The van der Waals surface area contributed by atoms with Crippen molar-refractivity contribution in [1.82, 2.24) is 14.6 Å². The first-order valence-corrected chi connectivity index (χ1v) is 12.3. The molecule has 1 aliphatic heterocycles. The van der Waals surface area contributed by atoms with Crippen molar-refractivity contribution >= 4 is 10.0 Å². The van der Waals surface area contributed by atoms with Crippen LogP contribution in [0.1, 0.15) is 44.1 Å². The summed E-state index contributed by atoms with van der Waals surface area (Å²) in [5.74, 6) is 1.81. The average Bonchev–Trinajstić information content (AvgIpc) is 3.51. The van der Waals surface area contributed by atoms with Crippen molar-refractivity contribution in [2.45, 2.75) is 56.0 Å². The van der Waals surface area contributed by atoms with Crippen molar-refractivity contribution in [3.63, 3.8) is 0 Å². The fraction of sp³-hybridized carbons (Fsp3) is 0.522. The number of nitrogens with one attached hydrogen (secondary N) is 1. The number of pyridine rings is 1. The predicted octanol–water partition coefficient (Wildman–Crippen LogP) is 3.81. The highest BCUT2D eigenvalue weighted by Gasteiger charge is 2.39. The summed E-state index contributed by atoms with van der Waals surface area (Å²) >= 11 is 0. The summed E-state index contributed by atoms with van der Waals surface area (Å²) in [6, 6.07) is 12.3. The third kappa shape index (κ3) is 3.74. The van der Waals surface area contributed by atoms with Crippen molar-refractivity contribution in [2.24, 2.45) is 11.8 Å². The van der Waals surface area contributed by atoms with E-state index < -0.39 is 10.0 Å². The zero-order valence-corrected chi connectivity index (χ0v) is 17.6. The lowest BCUT2D eigenvalue weighted by molar-refractivity contribution is 0.351. The molecule has 3 atom stereocenters. The monoisotopic (exact) mass is 411 g/mol. The molecule has 1 aromatic heterocycles. The van der Waals surface area contributed by atoms with Gasteiger partial charge in [-0.25, -0.2) is 8.42 Å². The first kappa shape index (κ1) is 19.2. The summed E-state index contributed by atoms with van der Waals surface area (Å²) < 4.78 is 27.8. The summed E-state index contributed by atoms with van der Waals surface area (Å²) in [6.45, 7) is 2.07. The first-order chi connectivity index (χ1) is 14.1. The van der Waals surface area contributed by atoms with Gasteiger partial charge in [0.05, 0.1) is 5.69 Å². The molecular formula is C23H29N3O2S. The van der Waals surface area contributed by atoms with Crippen molar-refractivity contribution in [1.29, 1.82) is 0 Å². The molecule has 0 amide bonds. The molecule has 2 bridgehead atoms. The fourth-order valence-corrected chi connectivity index (χ4v) is 7.09. The molecule has 154 valence electrons. The number of sulfonamides is 1. The fourth-order valence-electron chi connectivity index (χ4n) is 5.41. The minimum Gasteiger partial charge on any atom is -0.310 e. The minimum absolute atomic E-state index is 0.315. The standard InChI is InChI=1S/C23H29N3O2S/c27-29(28,26-12-1-2-13-26)22-4-3-11-24-23(22)19-8-5-17(6-9-19)16-25-21-15-18-7-10-20(21)14-18/h3-6,8-9,11,18,20-21,25H,1-2,7,10,12-16H2. The average molecular weight is 412 g/mol. The lowest BCUT2D eigenvalue weighted by Crippen LogP contribution is -2.33. The Labute approximate surface area is 173 Å². The number of nitrogens with zero attached hydrogens (tertiary/aromatic N) is 2. The van der Waals surface area contributed by atoms with Crippen LogP contribution < -0.4 is 5.32 Å². The Morgan fingerprint density at radius 3 is 2.52 bits per heavy atom. The zero-order valence-electron chi connectivity index (χ0n) is 16.8. The second kappa shape index (κ2) is 7.82. The lowest BCUT2D eigenvalue weighted by atomic mass is 9.95. The van der Waals surface area contributed by atoms with E-state index in [1.54, 1.807) is 22.6 Å². The summed E-state index contributed by atoms with van der Waals surface area (Å²) in [5, 5.41) is 3.74. The van der Waals surface area contributed by atoms with Gasteiger partial charge in [0.25, 0.3) is 0 Å². The highest BCUT2D eigenvalue weighted by molar-refractivity contribution is 7.89. The molecule has 29 heavy (non-hydrogen) atoms. The Kier molecular flexibility index (Phi) is 5.18. The van der Waals surface area contributed by atoms with Crippen molar-refractivity contribution in [3.8, 4) is 11.3 Å². The van der Waals surface area contributed by atoms with Crippen molar-refractivity contribution in [3.05, 3.63) is 48.2 Å². The Hall–Kier alpha value is -1.76. The van der Waals surface area contributed by atoms with Crippen LogP contribution in [-0.4, -0.2) is 36.8 Å². The topological polar surface area (TPSA) is 62.3 Å². The smallest absolute Gasteiger partial charge is 0.245 e. The maximum absolute atomic E-state index is 13.1. The van der Waals surface area contributed by atoms with Crippen LogP contribution in [0, 0.1) is 11.8 Å². The number of fused-ring (bicyclic) bond motifs is 2. The molecule has 0 spiro atoms.